The fourth-order valence-electron chi connectivity index (χ4n) is 2.38. The summed E-state index contributed by atoms with van der Waals surface area (Å²) in [6, 6.07) is 10.7. The van der Waals surface area contributed by atoms with Gasteiger partial charge in [-0.3, -0.25) is 9.59 Å². The smallest absolute Gasteiger partial charge is 0.259 e. The number of methoxy groups -OCH3 is 3. The van der Waals surface area contributed by atoms with Gasteiger partial charge in [0.25, 0.3) is 11.8 Å². The van der Waals surface area contributed by atoms with Gasteiger partial charge in [0.2, 0.25) is 5.75 Å². The lowest BCUT2D eigenvalue weighted by Gasteiger charge is -2.14. The SMILES string of the molecule is COc1cc(C(=O)NCC(=O)NN=Cc2ccc(SC)cc2)cc(OC)c1OC. The van der Waals surface area contributed by atoms with Gasteiger partial charge in [-0.1, -0.05) is 12.1 Å². The molecule has 2 aromatic rings. The number of nitrogens with zero attached hydrogens (tertiary/aromatic N) is 1. The molecule has 0 radical (unpaired) electrons. The van der Waals surface area contributed by atoms with Crippen molar-refractivity contribution < 1.29 is 23.8 Å². The zero-order valence-electron chi connectivity index (χ0n) is 16.6. The zero-order chi connectivity index (χ0) is 21.2. The van der Waals surface area contributed by atoms with Gasteiger partial charge in [-0.05, 0) is 36.1 Å². The second-order valence-corrected chi connectivity index (χ2v) is 6.54. The number of nitrogens with one attached hydrogen (secondary N) is 2. The summed E-state index contributed by atoms with van der Waals surface area (Å²) in [5, 5.41) is 6.41. The first-order valence-electron chi connectivity index (χ1n) is 8.56. The average molecular weight is 417 g/mol. The Kier molecular flexibility index (Phi) is 8.35. The summed E-state index contributed by atoms with van der Waals surface area (Å²) in [5.41, 5.74) is 3.49. The molecule has 2 aromatic carbocycles. The Bertz CT molecular complexity index is 859. The van der Waals surface area contributed by atoms with Crippen molar-refractivity contribution in [1.29, 1.82) is 0 Å². The number of hydrazone groups is 1. The Hall–Kier alpha value is -3.20. The summed E-state index contributed by atoms with van der Waals surface area (Å²) in [4.78, 5) is 25.4. The lowest BCUT2D eigenvalue weighted by atomic mass is 10.1. The molecule has 0 heterocycles. The monoisotopic (exact) mass is 417 g/mol. The Labute approximate surface area is 173 Å². The van der Waals surface area contributed by atoms with Gasteiger partial charge >= 0.3 is 0 Å². The number of benzene rings is 2. The minimum atomic E-state index is -0.462. The van der Waals surface area contributed by atoms with Crippen LogP contribution in [0.4, 0.5) is 0 Å². The first kappa shape index (κ1) is 22.1. The summed E-state index contributed by atoms with van der Waals surface area (Å²) in [5.74, 6) is 0.153. The maximum absolute atomic E-state index is 12.4. The number of amides is 2. The molecule has 0 unspecified atom stereocenters. The largest absolute Gasteiger partial charge is 0.493 e. The predicted octanol–water partition coefficient (Wildman–Crippen LogP) is 2.31. The molecule has 0 atom stereocenters. The van der Waals surface area contributed by atoms with Gasteiger partial charge in [0.1, 0.15) is 0 Å². The van der Waals surface area contributed by atoms with Crippen LogP contribution in [0, 0.1) is 0 Å². The standard InChI is InChI=1S/C20H23N3O5S/c1-26-16-9-14(10-17(27-2)19(16)28-3)20(25)21-12-18(24)23-22-11-13-5-7-15(29-4)8-6-13/h5-11H,12H2,1-4H3,(H,21,25)(H,23,24). The van der Waals surface area contributed by atoms with Crippen LogP contribution in [-0.2, 0) is 4.79 Å². The molecule has 9 heteroatoms. The number of rotatable bonds is 9. The van der Waals surface area contributed by atoms with E-state index in [1.807, 2.05) is 30.5 Å². The van der Waals surface area contributed by atoms with E-state index in [-0.39, 0.29) is 12.1 Å². The van der Waals surface area contributed by atoms with Crippen molar-refractivity contribution in [2.75, 3.05) is 34.1 Å². The van der Waals surface area contributed by atoms with Crippen molar-refractivity contribution in [2.45, 2.75) is 4.90 Å². The molecule has 2 N–H and O–H groups in total. The normalized spacial score (nSPS) is 10.5. The molecule has 29 heavy (non-hydrogen) atoms. The molecule has 0 aliphatic rings. The highest BCUT2D eigenvalue weighted by molar-refractivity contribution is 7.98. The number of ether oxygens (including phenoxy) is 3. The number of carbonyl (C=O) groups excluding carboxylic acids is 2. The number of hydrogen-bond acceptors (Lipinski definition) is 7. The van der Waals surface area contributed by atoms with Crippen molar-refractivity contribution >= 4 is 29.8 Å². The third-order valence-electron chi connectivity index (χ3n) is 3.86. The molecular weight excluding hydrogens is 394 g/mol. The van der Waals surface area contributed by atoms with Crippen LogP contribution in [0.3, 0.4) is 0 Å². The van der Waals surface area contributed by atoms with E-state index in [1.165, 1.54) is 39.7 Å². The van der Waals surface area contributed by atoms with Crippen LogP contribution in [0.15, 0.2) is 46.4 Å². The molecule has 0 spiro atoms. The molecule has 0 saturated heterocycles. The van der Waals surface area contributed by atoms with Gasteiger partial charge in [0, 0.05) is 10.5 Å². The van der Waals surface area contributed by atoms with Gasteiger partial charge in [0.05, 0.1) is 34.1 Å². The first-order chi connectivity index (χ1) is 14.0. The van der Waals surface area contributed by atoms with E-state index in [1.54, 1.807) is 11.8 Å². The van der Waals surface area contributed by atoms with Crippen LogP contribution in [0.1, 0.15) is 15.9 Å². The predicted molar refractivity (Wildman–Crippen MR) is 112 cm³/mol. The van der Waals surface area contributed by atoms with Gasteiger partial charge in [-0.2, -0.15) is 5.10 Å². The van der Waals surface area contributed by atoms with E-state index in [9.17, 15) is 9.59 Å². The summed E-state index contributed by atoms with van der Waals surface area (Å²) in [7, 11) is 4.39. The average Bonchev–Trinajstić information content (AvgIpc) is 2.76. The molecular formula is C20H23N3O5S. The lowest BCUT2D eigenvalue weighted by molar-refractivity contribution is -0.120. The minimum Gasteiger partial charge on any atom is -0.493 e. The quantitative estimate of drug-likeness (QED) is 0.369. The van der Waals surface area contributed by atoms with E-state index >= 15 is 0 Å². The van der Waals surface area contributed by atoms with Crippen LogP contribution >= 0.6 is 11.8 Å². The van der Waals surface area contributed by atoms with E-state index in [2.05, 4.69) is 15.8 Å². The minimum absolute atomic E-state index is 0.238. The highest BCUT2D eigenvalue weighted by Gasteiger charge is 2.17. The molecule has 0 aliphatic heterocycles. The third kappa shape index (κ3) is 6.15. The van der Waals surface area contributed by atoms with Crippen LogP contribution in [0.25, 0.3) is 0 Å². The molecule has 2 rings (SSSR count). The topological polar surface area (TPSA) is 98.2 Å². The van der Waals surface area contributed by atoms with E-state index in [4.69, 9.17) is 14.2 Å². The third-order valence-corrected chi connectivity index (χ3v) is 4.60. The Balaban J connectivity index is 1.92. The van der Waals surface area contributed by atoms with Crippen molar-refractivity contribution in [3.8, 4) is 17.2 Å². The van der Waals surface area contributed by atoms with Crippen molar-refractivity contribution in [2.24, 2.45) is 5.10 Å². The molecule has 2 amide bonds. The molecule has 0 saturated carbocycles. The van der Waals surface area contributed by atoms with Crippen LogP contribution in [-0.4, -0.2) is 52.2 Å². The second kappa shape index (κ2) is 11.0. The van der Waals surface area contributed by atoms with Crippen LogP contribution < -0.4 is 25.0 Å². The maximum atomic E-state index is 12.4. The van der Waals surface area contributed by atoms with E-state index < -0.39 is 11.8 Å². The van der Waals surface area contributed by atoms with Crippen molar-refractivity contribution in [3.05, 3.63) is 47.5 Å². The summed E-state index contributed by atoms with van der Waals surface area (Å²) in [6.07, 6.45) is 3.53. The molecule has 0 aliphatic carbocycles. The van der Waals surface area contributed by atoms with E-state index in [0.29, 0.717) is 17.2 Å². The lowest BCUT2D eigenvalue weighted by Crippen LogP contribution is -2.34. The van der Waals surface area contributed by atoms with Gasteiger partial charge in [-0.25, -0.2) is 5.43 Å². The maximum Gasteiger partial charge on any atom is 0.259 e. The van der Waals surface area contributed by atoms with Crippen molar-refractivity contribution in [3.63, 3.8) is 0 Å². The summed E-state index contributed by atoms with van der Waals surface area (Å²) < 4.78 is 15.7. The Morgan fingerprint density at radius 2 is 1.66 bits per heavy atom. The van der Waals surface area contributed by atoms with E-state index in [0.717, 1.165) is 10.5 Å². The fourth-order valence-corrected chi connectivity index (χ4v) is 2.79. The van der Waals surface area contributed by atoms with Crippen molar-refractivity contribution in [1.82, 2.24) is 10.7 Å². The fraction of sp³-hybridized carbons (Fsp3) is 0.250. The highest BCUT2D eigenvalue weighted by Crippen LogP contribution is 2.38. The van der Waals surface area contributed by atoms with Gasteiger partial charge in [-0.15, -0.1) is 11.8 Å². The van der Waals surface area contributed by atoms with Gasteiger partial charge in [0.15, 0.2) is 11.5 Å². The van der Waals surface area contributed by atoms with Crippen LogP contribution in [0.2, 0.25) is 0 Å². The van der Waals surface area contributed by atoms with Gasteiger partial charge < -0.3 is 19.5 Å². The summed E-state index contributed by atoms with van der Waals surface area (Å²) in [6.45, 7) is -0.238. The number of thioether (sulfide) groups is 1. The number of hydrogen-bond donors (Lipinski definition) is 2. The summed E-state index contributed by atoms with van der Waals surface area (Å²) >= 11 is 1.64. The molecule has 0 fully saturated rings. The Morgan fingerprint density at radius 1 is 1.03 bits per heavy atom. The molecule has 0 bridgehead atoms. The molecule has 8 nitrogen and oxygen atoms in total. The molecule has 154 valence electrons. The second-order valence-electron chi connectivity index (χ2n) is 5.66. The Morgan fingerprint density at radius 3 is 2.17 bits per heavy atom. The highest BCUT2D eigenvalue weighted by atomic mass is 32.2. The first-order valence-corrected chi connectivity index (χ1v) is 9.79. The van der Waals surface area contributed by atoms with Crippen LogP contribution in [0.5, 0.6) is 17.2 Å². The molecule has 0 aromatic heterocycles. The number of carbonyl (C=O) groups is 2. The zero-order valence-corrected chi connectivity index (χ0v) is 17.5.